The van der Waals surface area contributed by atoms with E-state index in [0.29, 0.717) is 38.9 Å². The lowest BCUT2D eigenvalue weighted by Gasteiger charge is -2.16. The first kappa shape index (κ1) is 25.5. The molecular formula is C25H28ClN5O2S2. The number of halogens is 1. The van der Waals surface area contributed by atoms with Crippen molar-refractivity contribution in [2.45, 2.75) is 70.7 Å². The zero-order chi connectivity index (χ0) is 24.9. The predicted molar refractivity (Wildman–Crippen MR) is 141 cm³/mol. The Morgan fingerprint density at radius 3 is 2.91 bits per heavy atom. The van der Waals surface area contributed by atoms with Crippen LogP contribution in [-0.2, 0) is 24.2 Å². The van der Waals surface area contributed by atoms with Crippen LogP contribution in [0.4, 0.5) is 5.00 Å². The molecule has 0 fully saturated rings. The summed E-state index contributed by atoms with van der Waals surface area (Å²) < 4.78 is 8.02. The smallest absolute Gasteiger partial charge is 0.235 e. The SMILES string of the molecule is CCn1c(SCC(=O)Nc2sc3c(c2C#N)CCCCC3)nnc1C(C)Oc1cc(C)ccc1Cl. The molecule has 184 valence electrons. The zero-order valence-corrected chi connectivity index (χ0v) is 22.4. The summed E-state index contributed by atoms with van der Waals surface area (Å²) in [6.07, 6.45) is 4.94. The molecule has 0 saturated heterocycles. The molecule has 0 bridgehead atoms. The Hall–Kier alpha value is -2.54. The summed E-state index contributed by atoms with van der Waals surface area (Å²) in [6, 6.07) is 7.95. The Morgan fingerprint density at radius 1 is 1.34 bits per heavy atom. The maximum atomic E-state index is 12.8. The van der Waals surface area contributed by atoms with Crippen LogP contribution in [0.25, 0.3) is 0 Å². The molecule has 0 aliphatic heterocycles. The first-order valence-electron chi connectivity index (χ1n) is 11.7. The van der Waals surface area contributed by atoms with E-state index in [2.05, 4.69) is 21.6 Å². The van der Waals surface area contributed by atoms with Gasteiger partial charge in [0.05, 0.1) is 16.3 Å². The predicted octanol–water partition coefficient (Wildman–Crippen LogP) is 6.33. The summed E-state index contributed by atoms with van der Waals surface area (Å²) in [7, 11) is 0. The van der Waals surface area contributed by atoms with Gasteiger partial charge in [0.2, 0.25) is 5.91 Å². The van der Waals surface area contributed by atoms with Gasteiger partial charge in [0.25, 0.3) is 0 Å². The minimum absolute atomic E-state index is 0.161. The number of ether oxygens (including phenoxy) is 1. The van der Waals surface area contributed by atoms with Crippen molar-refractivity contribution in [2.75, 3.05) is 11.1 Å². The minimum Gasteiger partial charge on any atom is -0.481 e. The first-order chi connectivity index (χ1) is 16.9. The second kappa shape index (κ2) is 11.5. The monoisotopic (exact) mass is 529 g/mol. The second-order valence-electron chi connectivity index (χ2n) is 8.50. The lowest BCUT2D eigenvalue weighted by Crippen LogP contribution is -2.15. The molecule has 35 heavy (non-hydrogen) atoms. The Bertz CT molecular complexity index is 1260. The molecule has 1 aliphatic carbocycles. The largest absolute Gasteiger partial charge is 0.481 e. The number of hydrogen-bond donors (Lipinski definition) is 1. The van der Waals surface area contributed by atoms with Gasteiger partial charge in [0.15, 0.2) is 17.1 Å². The highest BCUT2D eigenvalue weighted by Gasteiger charge is 2.23. The van der Waals surface area contributed by atoms with Crippen LogP contribution in [-0.4, -0.2) is 26.4 Å². The maximum absolute atomic E-state index is 12.8. The third-order valence-corrected chi connectivity index (χ3v) is 8.42. The fourth-order valence-corrected chi connectivity index (χ4v) is 6.42. The molecule has 1 unspecified atom stereocenters. The molecule has 0 saturated carbocycles. The molecule has 2 heterocycles. The number of nitriles is 1. The first-order valence-corrected chi connectivity index (χ1v) is 13.9. The van der Waals surface area contributed by atoms with E-state index in [1.807, 2.05) is 43.5 Å². The Morgan fingerprint density at radius 2 is 2.14 bits per heavy atom. The Balaban J connectivity index is 1.42. The number of fused-ring (bicyclic) bond motifs is 1. The number of benzene rings is 1. The number of amides is 1. The fourth-order valence-electron chi connectivity index (χ4n) is 4.19. The van der Waals surface area contributed by atoms with Crippen LogP contribution in [0.15, 0.2) is 23.4 Å². The third kappa shape index (κ3) is 5.83. The lowest BCUT2D eigenvalue weighted by atomic mass is 10.1. The van der Waals surface area contributed by atoms with E-state index in [9.17, 15) is 10.1 Å². The van der Waals surface area contributed by atoms with Gasteiger partial charge in [0, 0.05) is 11.4 Å². The van der Waals surface area contributed by atoms with Crippen molar-refractivity contribution in [1.82, 2.24) is 14.8 Å². The number of aryl methyl sites for hydroxylation is 2. The van der Waals surface area contributed by atoms with Crippen LogP contribution in [0.1, 0.15) is 66.6 Å². The van der Waals surface area contributed by atoms with Crippen molar-refractivity contribution >= 4 is 45.6 Å². The highest BCUT2D eigenvalue weighted by atomic mass is 35.5. The number of carbonyl (C=O) groups is 1. The van der Waals surface area contributed by atoms with Gasteiger partial charge in [-0.3, -0.25) is 4.79 Å². The molecule has 1 atom stereocenters. The number of thiophene rings is 1. The molecule has 3 aromatic rings. The summed E-state index contributed by atoms with van der Waals surface area (Å²) in [4.78, 5) is 14.0. The summed E-state index contributed by atoms with van der Waals surface area (Å²) in [5.74, 6) is 1.28. The number of anilines is 1. The van der Waals surface area contributed by atoms with E-state index < -0.39 is 0 Å². The highest BCUT2D eigenvalue weighted by molar-refractivity contribution is 7.99. The van der Waals surface area contributed by atoms with Gasteiger partial charge in [0.1, 0.15) is 16.8 Å². The van der Waals surface area contributed by atoms with Gasteiger partial charge in [-0.05, 0) is 69.7 Å². The standard InChI is InChI=1S/C25H28ClN5O2S2/c1-4-31-23(16(3)33-20-12-15(2)10-11-19(20)26)29-30-25(31)34-14-22(32)28-24-18(13-27)17-8-6-5-7-9-21(17)35-24/h10-12,16H,4-9,14H2,1-3H3,(H,28,32). The molecule has 10 heteroatoms. The number of carbonyl (C=O) groups excluding carboxylic acids is 1. The number of nitrogens with one attached hydrogen (secondary N) is 1. The molecule has 2 aromatic heterocycles. The van der Waals surface area contributed by atoms with Crippen LogP contribution < -0.4 is 10.1 Å². The summed E-state index contributed by atoms with van der Waals surface area (Å²) in [5, 5.41) is 23.1. The van der Waals surface area contributed by atoms with Gasteiger partial charge >= 0.3 is 0 Å². The van der Waals surface area contributed by atoms with Crippen molar-refractivity contribution in [1.29, 1.82) is 5.26 Å². The average Bonchev–Trinajstić information content (AvgIpc) is 3.32. The average molecular weight is 530 g/mol. The van der Waals surface area contributed by atoms with Crippen molar-refractivity contribution < 1.29 is 9.53 Å². The van der Waals surface area contributed by atoms with Gasteiger partial charge in [-0.2, -0.15) is 5.26 Å². The topological polar surface area (TPSA) is 92.8 Å². The molecule has 1 aliphatic rings. The van der Waals surface area contributed by atoms with E-state index in [1.165, 1.54) is 23.1 Å². The van der Waals surface area contributed by atoms with Crippen molar-refractivity contribution in [3.63, 3.8) is 0 Å². The van der Waals surface area contributed by atoms with Crippen LogP contribution in [0, 0.1) is 18.3 Å². The summed E-state index contributed by atoms with van der Waals surface area (Å²) >= 11 is 9.15. The quantitative estimate of drug-likeness (QED) is 0.270. The number of rotatable bonds is 8. The van der Waals surface area contributed by atoms with Gasteiger partial charge in [-0.25, -0.2) is 0 Å². The maximum Gasteiger partial charge on any atom is 0.235 e. The molecule has 0 radical (unpaired) electrons. The highest BCUT2D eigenvalue weighted by Crippen LogP contribution is 2.37. The molecule has 1 aromatic carbocycles. The van der Waals surface area contributed by atoms with Gasteiger partial charge in [-0.15, -0.1) is 21.5 Å². The molecule has 1 amide bonds. The third-order valence-electron chi connectivity index (χ3n) is 5.93. The number of hydrogen-bond acceptors (Lipinski definition) is 7. The zero-order valence-electron chi connectivity index (χ0n) is 20.1. The minimum atomic E-state index is -0.371. The van der Waals surface area contributed by atoms with Crippen LogP contribution in [0.5, 0.6) is 5.75 Å². The summed E-state index contributed by atoms with van der Waals surface area (Å²) in [5.41, 5.74) is 2.80. The normalized spacial score (nSPS) is 14.0. The van der Waals surface area contributed by atoms with E-state index in [-0.39, 0.29) is 17.8 Å². The Labute approximate surface area is 218 Å². The van der Waals surface area contributed by atoms with Crippen molar-refractivity contribution in [3.05, 3.63) is 50.6 Å². The molecular weight excluding hydrogens is 502 g/mol. The van der Waals surface area contributed by atoms with Crippen molar-refractivity contribution in [2.24, 2.45) is 0 Å². The van der Waals surface area contributed by atoms with Crippen LogP contribution in [0.3, 0.4) is 0 Å². The second-order valence-corrected chi connectivity index (χ2v) is 11.0. The van der Waals surface area contributed by atoms with Crippen LogP contribution in [0.2, 0.25) is 5.02 Å². The van der Waals surface area contributed by atoms with E-state index in [1.54, 1.807) is 11.3 Å². The molecule has 0 spiro atoms. The van der Waals surface area contributed by atoms with Gasteiger partial charge in [-0.1, -0.05) is 35.9 Å². The van der Waals surface area contributed by atoms with Crippen molar-refractivity contribution in [3.8, 4) is 11.8 Å². The lowest BCUT2D eigenvalue weighted by molar-refractivity contribution is -0.113. The van der Waals surface area contributed by atoms with E-state index >= 15 is 0 Å². The van der Waals surface area contributed by atoms with Crippen LogP contribution >= 0.6 is 34.7 Å². The Kier molecular flexibility index (Phi) is 8.37. The number of nitrogens with zero attached hydrogens (tertiary/aromatic N) is 4. The number of aromatic nitrogens is 3. The molecule has 7 nitrogen and oxygen atoms in total. The molecule has 4 rings (SSSR count). The fraction of sp³-hybridized carbons (Fsp3) is 0.440. The van der Waals surface area contributed by atoms with Gasteiger partial charge < -0.3 is 14.6 Å². The number of thioether (sulfide) groups is 1. The van der Waals surface area contributed by atoms with E-state index in [4.69, 9.17) is 16.3 Å². The molecule has 1 N–H and O–H groups in total. The summed E-state index contributed by atoms with van der Waals surface area (Å²) in [6.45, 7) is 6.52. The van der Waals surface area contributed by atoms with E-state index in [0.717, 1.165) is 36.8 Å².